The maximum atomic E-state index is 13.2. The third-order valence-corrected chi connectivity index (χ3v) is 7.76. The van der Waals surface area contributed by atoms with E-state index in [-0.39, 0.29) is 17.2 Å². The van der Waals surface area contributed by atoms with Crippen LogP contribution >= 0.6 is 0 Å². The molecule has 1 aliphatic heterocycles. The number of hydrogen-bond donors (Lipinski definition) is 1. The summed E-state index contributed by atoms with van der Waals surface area (Å²) in [6, 6.07) is 23.2. The lowest BCUT2D eigenvalue weighted by Gasteiger charge is -2.37. The SMILES string of the molecule is N#CC1(c2ccccc2)CCN(CCCNC(=O)C(c2ccccc2)C2CCCCC2)CC1. The van der Waals surface area contributed by atoms with Crippen LogP contribution in [0.25, 0.3) is 0 Å². The number of rotatable bonds is 8. The third-order valence-electron chi connectivity index (χ3n) is 7.76. The van der Waals surface area contributed by atoms with E-state index in [9.17, 15) is 10.1 Å². The molecule has 2 aromatic carbocycles. The van der Waals surface area contributed by atoms with Crippen LogP contribution in [0.2, 0.25) is 0 Å². The van der Waals surface area contributed by atoms with Gasteiger partial charge in [0.15, 0.2) is 0 Å². The summed E-state index contributed by atoms with van der Waals surface area (Å²) >= 11 is 0. The molecule has 0 radical (unpaired) electrons. The Kier molecular flexibility index (Phi) is 8.18. The summed E-state index contributed by atoms with van der Waals surface area (Å²) < 4.78 is 0. The Labute approximate surface area is 199 Å². The highest BCUT2D eigenvalue weighted by Crippen LogP contribution is 2.37. The van der Waals surface area contributed by atoms with Crippen molar-refractivity contribution in [1.82, 2.24) is 10.2 Å². The second-order valence-corrected chi connectivity index (χ2v) is 9.83. The van der Waals surface area contributed by atoms with Crippen molar-refractivity contribution in [2.75, 3.05) is 26.2 Å². The van der Waals surface area contributed by atoms with Gasteiger partial charge in [0, 0.05) is 6.54 Å². The molecule has 2 aliphatic rings. The molecule has 1 saturated heterocycles. The van der Waals surface area contributed by atoms with E-state index >= 15 is 0 Å². The van der Waals surface area contributed by atoms with Gasteiger partial charge < -0.3 is 10.2 Å². The molecule has 4 nitrogen and oxygen atoms in total. The first kappa shape index (κ1) is 23.5. The van der Waals surface area contributed by atoms with E-state index in [0.29, 0.717) is 12.5 Å². The van der Waals surface area contributed by atoms with Crippen molar-refractivity contribution in [2.45, 2.75) is 62.7 Å². The van der Waals surface area contributed by atoms with Gasteiger partial charge in [0.1, 0.15) is 0 Å². The second-order valence-electron chi connectivity index (χ2n) is 9.83. The molecule has 4 heteroatoms. The largest absolute Gasteiger partial charge is 0.356 e. The fourth-order valence-corrected chi connectivity index (χ4v) is 5.77. The topological polar surface area (TPSA) is 56.1 Å². The summed E-state index contributed by atoms with van der Waals surface area (Å²) in [6.07, 6.45) is 8.78. The van der Waals surface area contributed by atoms with Crippen LogP contribution in [0.3, 0.4) is 0 Å². The third kappa shape index (κ3) is 5.84. The van der Waals surface area contributed by atoms with Crippen molar-refractivity contribution in [1.29, 1.82) is 5.26 Å². The molecule has 1 aliphatic carbocycles. The first-order valence-corrected chi connectivity index (χ1v) is 12.7. The molecule has 4 rings (SSSR count). The minimum absolute atomic E-state index is 0.0244. The minimum Gasteiger partial charge on any atom is -0.356 e. The second kappa shape index (κ2) is 11.5. The zero-order valence-electron chi connectivity index (χ0n) is 19.7. The maximum absolute atomic E-state index is 13.2. The average molecular weight is 444 g/mol. The van der Waals surface area contributed by atoms with Crippen molar-refractivity contribution in [3.8, 4) is 6.07 Å². The van der Waals surface area contributed by atoms with Crippen LogP contribution in [-0.4, -0.2) is 37.0 Å². The quantitative estimate of drug-likeness (QED) is 0.555. The van der Waals surface area contributed by atoms with Crippen molar-refractivity contribution in [3.63, 3.8) is 0 Å². The highest BCUT2D eigenvalue weighted by atomic mass is 16.1. The predicted molar refractivity (Wildman–Crippen MR) is 133 cm³/mol. The van der Waals surface area contributed by atoms with Gasteiger partial charge in [0.25, 0.3) is 0 Å². The van der Waals surface area contributed by atoms with E-state index in [0.717, 1.165) is 62.9 Å². The normalized spacial score (nSPS) is 20.0. The lowest BCUT2D eigenvalue weighted by atomic mass is 9.74. The molecular formula is C29H37N3O. The molecule has 1 atom stereocenters. The van der Waals surface area contributed by atoms with E-state index < -0.39 is 0 Å². The lowest BCUT2D eigenvalue weighted by molar-refractivity contribution is -0.124. The first-order chi connectivity index (χ1) is 16.2. The minimum atomic E-state index is -0.352. The molecule has 33 heavy (non-hydrogen) atoms. The molecule has 0 bridgehead atoms. The monoisotopic (exact) mass is 443 g/mol. The van der Waals surface area contributed by atoms with Crippen LogP contribution in [0, 0.1) is 17.2 Å². The number of piperidine rings is 1. The molecule has 0 aromatic heterocycles. The van der Waals surface area contributed by atoms with Crippen LogP contribution < -0.4 is 5.32 Å². The number of nitriles is 1. The number of likely N-dealkylation sites (tertiary alicyclic amines) is 1. The van der Waals surface area contributed by atoms with Gasteiger partial charge in [-0.05, 0) is 68.8 Å². The number of nitrogens with zero attached hydrogens (tertiary/aromatic N) is 2. The molecule has 1 amide bonds. The summed E-state index contributed by atoms with van der Waals surface area (Å²) in [4.78, 5) is 15.7. The van der Waals surface area contributed by atoms with E-state index in [4.69, 9.17) is 0 Å². The average Bonchev–Trinajstić information content (AvgIpc) is 2.89. The fraction of sp³-hybridized carbons (Fsp3) is 0.517. The summed E-state index contributed by atoms with van der Waals surface area (Å²) in [6.45, 7) is 3.56. The van der Waals surface area contributed by atoms with Crippen LogP contribution in [0.5, 0.6) is 0 Å². The summed E-state index contributed by atoms with van der Waals surface area (Å²) in [5.41, 5.74) is 1.95. The highest BCUT2D eigenvalue weighted by Gasteiger charge is 2.36. The van der Waals surface area contributed by atoms with E-state index in [1.807, 2.05) is 36.4 Å². The van der Waals surface area contributed by atoms with Gasteiger partial charge >= 0.3 is 0 Å². The van der Waals surface area contributed by atoms with Crippen molar-refractivity contribution < 1.29 is 4.79 Å². The smallest absolute Gasteiger partial charge is 0.227 e. The van der Waals surface area contributed by atoms with Gasteiger partial charge in [-0.1, -0.05) is 79.9 Å². The number of nitrogens with one attached hydrogen (secondary N) is 1. The molecule has 1 heterocycles. The fourth-order valence-electron chi connectivity index (χ4n) is 5.77. The van der Waals surface area contributed by atoms with Gasteiger partial charge in [0.2, 0.25) is 5.91 Å². The van der Waals surface area contributed by atoms with Crippen LogP contribution in [0.4, 0.5) is 0 Å². The predicted octanol–water partition coefficient (Wildman–Crippen LogP) is 5.41. The molecular weight excluding hydrogens is 406 g/mol. The van der Waals surface area contributed by atoms with Gasteiger partial charge in [-0.25, -0.2) is 0 Å². The molecule has 2 fully saturated rings. The Bertz CT molecular complexity index is 907. The number of hydrogen-bond acceptors (Lipinski definition) is 3. The van der Waals surface area contributed by atoms with Gasteiger partial charge in [-0.3, -0.25) is 4.79 Å². The molecule has 174 valence electrons. The van der Waals surface area contributed by atoms with Crippen molar-refractivity contribution >= 4 is 5.91 Å². The highest BCUT2D eigenvalue weighted by molar-refractivity contribution is 5.84. The van der Waals surface area contributed by atoms with Crippen molar-refractivity contribution in [3.05, 3.63) is 71.8 Å². The van der Waals surface area contributed by atoms with E-state index in [1.165, 1.54) is 19.3 Å². The molecule has 0 spiro atoms. The number of carbonyl (C=O) groups is 1. The van der Waals surface area contributed by atoms with Crippen LogP contribution in [-0.2, 0) is 10.2 Å². The zero-order chi connectivity index (χ0) is 22.9. The zero-order valence-corrected chi connectivity index (χ0v) is 19.7. The lowest BCUT2D eigenvalue weighted by Crippen LogP contribution is -2.43. The van der Waals surface area contributed by atoms with E-state index in [1.54, 1.807) is 0 Å². The van der Waals surface area contributed by atoms with Gasteiger partial charge in [0.05, 0.1) is 17.4 Å². The Hall–Kier alpha value is -2.64. The Morgan fingerprint density at radius 3 is 2.27 bits per heavy atom. The summed E-state index contributed by atoms with van der Waals surface area (Å²) in [5.74, 6) is 0.628. The van der Waals surface area contributed by atoms with Gasteiger partial charge in [-0.2, -0.15) is 5.26 Å². The molecule has 1 N–H and O–H groups in total. The van der Waals surface area contributed by atoms with Crippen LogP contribution in [0.15, 0.2) is 60.7 Å². The Balaban J connectivity index is 1.25. The van der Waals surface area contributed by atoms with Crippen LogP contribution in [0.1, 0.15) is 68.4 Å². The number of amides is 1. The maximum Gasteiger partial charge on any atom is 0.227 e. The molecule has 1 saturated carbocycles. The Morgan fingerprint density at radius 1 is 1.00 bits per heavy atom. The van der Waals surface area contributed by atoms with E-state index in [2.05, 4.69) is 40.6 Å². The van der Waals surface area contributed by atoms with Gasteiger partial charge in [-0.15, -0.1) is 0 Å². The summed E-state index contributed by atoms with van der Waals surface area (Å²) in [5, 5.41) is 13.1. The van der Waals surface area contributed by atoms with Crippen molar-refractivity contribution in [2.24, 2.45) is 5.92 Å². The first-order valence-electron chi connectivity index (χ1n) is 12.7. The number of carbonyl (C=O) groups excluding carboxylic acids is 1. The standard InChI is InChI=1S/C29H37N3O/c30-23-29(26-15-8-3-9-16-26)17-21-32(22-18-29)20-10-19-31-28(33)27(24-11-4-1-5-12-24)25-13-6-2-7-14-25/h1,3-5,8-9,11-12,15-16,25,27H,2,6-7,10,13-14,17-22H2,(H,31,33). The summed E-state index contributed by atoms with van der Waals surface area (Å²) in [7, 11) is 0. The number of benzene rings is 2. The Morgan fingerprint density at radius 2 is 1.64 bits per heavy atom. The molecule has 1 unspecified atom stereocenters. The molecule has 2 aromatic rings.